The molecular formula is C13H11ClF3NOS. The van der Waals surface area contributed by atoms with Gasteiger partial charge in [-0.2, -0.15) is 0 Å². The van der Waals surface area contributed by atoms with Crippen molar-refractivity contribution in [2.75, 3.05) is 6.61 Å². The van der Waals surface area contributed by atoms with Gasteiger partial charge in [-0.3, -0.25) is 0 Å². The van der Waals surface area contributed by atoms with E-state index in [0.717, 1.165) is 5.69 Å². The summed E-state index contributed by atoms with van der Waals surface area (Å²) in [6, 6.07) is 4.51. The maximum atomic E-state index is 13.8. The van der Waals surface area contributed by atoms with Crippen molar-refractivity contribution >= 4 is 22.9 Å². The normalized spacial score (nSPS) is 11.2. The highest BCUT2D eigenvalue weighted by molar-refractivity contribution is 7.13. The molecule has 0 fully saturated rings. The summed E-state index contributed by atoms with van der Waals surface area (Å²) in [5.41, 5.74) is 1.60. The molecule has 0 radical (unpaired) electrons. The molecule has 1 heterocycles. The summed E-state index contributed by atoms with van der Waals surface area (Å²) in [4.78, 5) is 4.24. The molecule has 0 saturated carbocycles. The van der Waals surface area contributed by atoms with Gasteiger partial charge in [0.25, 0.3) is 6.43 Å². The molecule has 0 aliphatic carbocycles. The summed E-state index contributed by atoms with van der Waals surface area (Å²) >= 11 is 7.03. The molecule has 0 spiro atoms. The first kappa shape index (κ1) is 15.3. The number of thiazole rings is 1. The van der Waals surface area contributed by atoms with Crippen LogP contribution in [0.2, 0.25) is 0 Å². The minimum Gasteiger partial charge on any atom is -0.371 e. The largest absolute Gasteiger partial charge is 0.371 e. The van der Waals surface area contributed by atoms with Crippen LogP contribution in [0.5, 0.6) is 0 Å². The van der Waals surface area contributed by atoms with Crippen LogP contribution in [-0.2, 0) is 17.2 Å². The third-order valence-electron chi connectivity index (χ3n) is 2.49. The van der Waals surface area contributed by atoms with Crippen molar-refractivity contribution < 1.29 is 17.9 Å². The topological polar surface area (TPSA) is 22.1 Å². The van der Waals surface area contributed by atoms with Gasteiger partial charge in [-0.05, 0) is 6.07 Å². The summed E-state index contributed by atoms with van der Waals surface area (Å²) in [6.45, 7) is -0.881. The van der Waals surface area contributed by atoms with Crippen molar-refractivity contribution in [2.45, 2.75) is 18.9 Å². The molecule has 7 heteroatoms. The van der Waals surface area contributed by atoms with Crippen LogP contribution >= 0.6 is 22.9 Å². The van der Waals surface area contributed by atoms with E-state index in [1.807, 2.05) is 0 Å². The Kier molecular flexibility index (Phi) is 5.39. The van der Waals surface area contributed by atoms with Crippen LogP contribution in [0.1, 0.15) is 11.3 Å². The van der Waals surface area contributed by atoms with Crippen molar-refractivity contribution in [2.24, 2.45) is 0 Å². The lowest BCUT2D eigenvalue weighted by molar-refractivity contribution is 0.00902. The molecule has 0 aliphatic rings. The number of alkyl halides is 3. The fourth-order valence-corrected chi connectivity index (χ4v) is 2.60. The number of ether oxygens (including phenoxy) is 1. The monoisotopic (exact) mass is 321 g/mol. The zero-order valence-corrected chi connectivity index (χ0v) is 11.9. The first-order chi connectivity index (χ1) is 9.60. The molecular weight excluding hydrogens is 311 g/mol. The first-order valence-electron chi connectivity index (χ1n) is 5.75. The summed E-state index contributed by atoms with van der Waals surface area (Å²) in [5, 5.41) is 2.47. The van der Waals surface area contributed by atoms with Gasteiger partial charge < -0.3 is 4.74 Å². The first-order valence-corrected chi connectivity index (χ1v) is 7.16. The van der Waals surface area contributed by atoms with Gasteiger partial charge in [-0.1, -0.05) is 12.1 Å². The Morgan fingerprint density at radius 2 is 2.15 bits per heavy atom. The summed E-state index contributed by atoms with van der Waals surface area (Å²) in [5.74, 6) is -0.196. The standard InChI is InChI=1S/C13H11ClF3NOS/c14-4-10-7-20-13(18-10)8-1-2-9(11(15)3-8)5-19-6-12(16)17/h1-3,7,12H,4-6H2. The molecule has 0 atom stereocenters. The zero-order chi connectivity index (χ0) is 14.5. The average Bonchev–Trinajstić information content (AvgIpc) is 2.89. The smallest absolute Gasteiger partial charge is 0.261 e. The Hall–Kier alpha value is -1.11. The number of hydrogen-bond acceptors (Lipinski definition) is 3. The van der Waals surface area contributed by atoms with Gasteiger partial charge in [0.2, 0.25) is 0 Å². The van der Waals surface area contributed by atoms with E-state index < -0.39 is 18.8 Å². The van der Waals surface area contributed by atoms with E-state index in [0.29, 0.717) is 16.5 Å². The number of halogens is 4. The molecule has 0 N–H and O–H groups in total. The summed E-state index contributed by atoms with van der Waals surface area (Å²) < 4.78 is 42.4. The average molecular weight is 322 g/mol. The Morgan fingerprint density at radius 3 is 2.75 bits per heavy atom. The fraction of sp³-hybridized carbons (Fsp3) is 0.308. The van der Waals surface area contributed by atoms with E-state index in [9.17, 15) is 13.2 Å². The molecule has 0 unspecified atom stereocenters. The maximum absolute atomic E-state index is 13.8. The Balaban J connectivity index is 2.09. The van der Waals surface area contributed by atoms with Crippen molar-refractivity contribution in [3.8, 4) is 10.6 Å². The van der Waals surface area contributed by atoms with E-state index >= 15 is 0 Å². The van der Waals surface area contributed by atoms with E-state index in [4.69, 9.17) is 16.3 Å². The molecule has 2 rings (SSSR count). The minimum absolute atomic E-state index is 0.179. The van der Waals surface area contributed by atoms with Gasteiger partial charge in [-0.15, -0.1) is 22.9 Å². The Morgan fingerprint density at radius 1 is 1.35 bits per heavy atom. The molecule has 108 valence electrons. The molecule has 2 aromatic rings. The Labute approximate surface area is 123 Å². The molecule has 1 aromatic carbocycles. The molecule has 1 aromatic heterocycles. The van der Waals surface area contributed by atoms with Crippen LogP contribution in [0, 0.1) is 5.82 Å². The lowest BCUT2D eigenvalue weighted by atomic mass is 10.1. The highest BCUT2D eigenvalue weighted by Crippen LogP contribution is 2.26. The molecule has 0 amide bonds. The van der Waals surface area contributed by atoms with Crippen molar-refractivity contribution in [1.82, 2.24) is 4.98 Å². The van der Waals surface area contributed by atoms with Crippen LogP contribution in [0.3, 0.4) is 0 Å². The van der Waals surface area contributed by atoms with Gasteiger partial charge in [-0.25, -0.2) is 18.2 Å². The van der Waals surface area contributed by atoms with Gasteiger partial charge in [0, 0.05) is 16.5 Å². The molecule has 0 saturated heterocycles. The van der Waals surface area contributed by atoms with Gasteiger partial charge in [0.05, 0.1) is 18.2 Å². The van der Waals surface area contributed by atoms with Crippen LogP contribution in [0.25, 0.3) is 10.6 Å². The minimum atomic E-state index is -2.55. The third-order valence-corrected chi connectivity index (χ3v) is 3.70. The van der Waals surface area contributed by atoms with Crippen molar-refractivity contribution in [3.63, 3.8) is 0 Å². The van der Waals surface area contributed by atoms with E-state index in [1.165, 1.54) is 23.5 Å². The molecule has 0 bridgehead atoms. The lowest BCUT2D eigenvalue weighted by Crippen LogP contribution is -2.05. The zero-order valence-electron chi connectivity index (χ0n) is 10.3. The molecule has 2 nitrogen and oxygen atoms in total. The van der Waals surface area contributed by atoms with E-state index in [2.05, 4.69) is 4.98 Å². The third kappa shape index (κ3) is 3.94. The SMILES string of the molecule is Fc1cc(-c2nc(CCl)cs2)ccc1COCC(F)F. The maximum Gasteiger partial charge on any atom is 0.261 e. The predicted molar refractivity (Wildman–Crippen MR) is 72.7 cm³/mol. The Bertz CT molecular complexity index is 576. The van der Waals surface area contributed by atoms with Crippen molar-refractivity contribution in [1.29, 1.82) is 0 Å². The number of benzene rings is 1. The second-order valence-corrected chi connectivity index (χ2v) is 5.12. The number of aromatic nitrogens is 1. The van der Waals surface area contributed by atoms with Crippen LogP contribution in [0.4, 0.5) is 13.2 Å². The van der Waals surface area contributed by atoms with Crippen LogP contribution in [0.15, 0.2) is 23.6 Å². The highest BCUT2D eigenvalue weighted by Gasteiger charge is 2.10. The van der Waals surface area contributed by atoms with Gasteiger partial charge >= 0.3 is 0 Å². The van der Waals surface area contributed by atoms with E-state index in [1.54, 1.807) is 11.4 Å². The van der Waals surface area contributed by atoms with Gasteiger partial charge in [0.1, 0.15) is 17.4 Å². The van der Waals surface area contributed by atoms with Crippen molar-refractivity contribution in [3.05, 3.63) is 40.7 Å². The summed E-state index contributed by atoms with van der Waals surface area (Å²) in [7, 11) is 0. The highest BCUT2D eigenvalue weighted by atomic mass is 35.5. The number of nitrogens with zero attached hydrogens (tertiary/aromatic N) is 1. The van der Waals surface area contributed by atoms with E-state index in [-0.39, 0.29) is 12.2 Å². The molecule has 0 aliphatic heterocycles. The second-order valence-electron chi connectivity index (χ2n) is 3.99. The van der Waals surface area contributed by atoms with Crippen LogP contribution in [-0.4, -0.2) is 18.0 Å². The quantitative estimate of drug-likeness (QED) is 0.732. The van der Waals surface area contributed by atoms with Crippen LogP contribution < -0.4 is 0 Å². The predicted octanol–water partition coefficient (Wildman–Crippen LogP) is 4.47. The number of rotatable bonds is 6. The number of hydrogen-bond donors (Lipinski definition) is 0. The lowest BCUT2D eigenvalue weighted by Gasteiger charge is -2.06. The molecule has 20 heavy (non-hydrogen) atoms. The summed E-state index contributed by atoms with van der Waals surface area (Å²) in [6.07, 6.45) is -2.55. The van der Waals surface area contributed by atoms with Gasteiger partial charge in [0.15, 0.2) is 0 Å². The fourth-order valence-electron chi connectivity index (χ4n) is 1.56. The second kappa shape index (κ2) is 7.06.